The highest BCUT2D eigenvalue weighted by atomic mass is 35.5. The zero-order chi connectivity index (χ0) is 14.4. The molecule has 1 unspecified atom stereocenters. The Hall–Kier alpha value is -1.51. The summed E-state index contributed by atoms with van der Waals surface area (Å²) < 4.78 is 5.17. The van der Waals surface area contributed by atoms with Crippen LogP contribution in [0.25, 0.3) is 0 Å². The van der Waals surface area contributed by atoms with E-state index >= 15 is 0 Å². The van der Waals surface area contributed by atoms with Crippen LogP contribution in [0.2, 0.25) is 5.02 Å². The first-order valence-electron chi connectivity index (χ1n) is 6.78. The number of hydrogen-bond donors (Lipinski definition) is 1. The fourth-order valence-electron chi connectivity index (χ4n) is 2.28. The quantitative estimate of drug-likeness (QED) is 0.859. The standard InChI is InChI=1S/C17H20ClNO/c1-19-17(14-6-8-15(18)9-7-14)12-5-13-3-10-16(20-2)11-4-13/h3-4,6-11,17,19H,5,12H2,1-2H3. The lowest BCUT2D eigenvalue weighted by atomic mass is 9.99. The lowest BCUT2D eigenvalue weighted by Crippen LogP contribution is -2.17. The summed E-state index contributed by atoms with van der Waals surface area (Å²) in [5, 5.41) is 4.14. The maximum absolute atomic E-state index is 5.93. The molecule has 2 nitrogen and oxygen atoms in total. The summed E-state index contributed by atoms with van der Waals surface area (Å²) in [4.78, 5) is 0. The van der Waals surface area contributed by atoms with Crippen LogP contribution in [0.3, 0.4) is 0 Å². The Labute approximate surface area is 125 Å². The van der Waals surface area contributed by atoms with Crippen molar-refractivity contribution in [2.24, 2.45) is 0 Å². The van der Waals surface area contributed by atoms with Crippen molar-refractivity contribution in [2.45, 2.75) is 18.9 Å². The number of halogens is 1. The summed E-state index contributed by atoms with van der Waals surface area (Å²) >= 11 is 5.93. The zero-order valence-corrected chi connectivity index (χ0v) is 12.7. The van der Waals surface area contributed by atoms with Gasteiger partial charge in [-0.05, 0) is 55.3 Å². The molecule has 0 aliphatic carbocycles. The van der Waals surface area contributed by atoms with E-state index in [4.69, 9.17) is 16.3 Å². The molecule has 0 aliphatic heterocycles. The van der Waals surface area contributed by atoms with Gasteiger partial charge in [-0.25, -0.2) is 0 Å². The Morgan fingerprint density at radius 2 is 1.70 bits per heavy atom. The van der Waals surface area contributed by atoms with E-state index in [0.29, 0.717) is 6.04 Å². The minimum Gasteiger partial charge on any atom is -0.497 e. The fraction of sp³-hybridized carbons (Fsp3) is 0.294. The van der Waals surface area contributed by atoms with Gasteiger partial charge in [0.2, 0.25) is 0 Å². The van der Waals surface area contributed by atoms with E-state index in [1.54, 1.807) is 7.11 Å². The number of aryl methyl sites for hydroxylation is 1. The molecular formula is C17H20ClNO. The van der Waals surface area contributed by atoms with Gasteiger partial charge in [-0.2, -0.15) is 0 Å². The number of methoxy groups -OCH3 is 1. The second kappa shape index (κ2) is 7.32. The van der Waals surface area contributed by atoms with Crippen LogP contribution in [0.4, 0.5) is 0 Å². The molecule has 2 aromatic rings. The molecule has 2 rings (SSSR count). The van der Waals surface area contributed by atoms with Crippen LogP contribution in [0.5, 0.6) is 5.75 Å². The molecule has 0 radical (unpaired) electrons. The van der Waals surface area contributed by atoms with E-state index in [9.17, 15) is 0 Å². The summed E-state index contributed by atoms with van der Waals surface area (Å²) in [6.45, 7) is 0. The van der Waals surface area contributed by atoms with Crippen LogP contribution in [-0.2, 0) is 6.42 Å². The lowest BCUT2D eigenvalue weighted by Gasteiger charge is -2.17. The van der Waals surface area contributed by atoms with Crippen LogP contribution in [0, 0.1) is 0 Å². The van der Waals surface area contributed by atoms with Crippen molar-refractivity contribution in [3.63, 3.8) is 0 Å². The topological polar surface area (TPSA) is 21.3 Å². The van der Waals surface area contributed by atoms with Crippen molar-refractivity contribution in [1.29, 1.82) is 0 Å². The van der Waals surface area contributed by atoms with Crippen LogP contribution >= 0.6 is 11.6 Å². The largest absolute Gasteiger partial charge is 0.497 e. The van der Waals surface area contributed by atoms with E-state index in [1.165, 1.54) is 11.1 Å². The summed E-state index contributed by atoms with van der Waals surface area (Å²) in [6.07, 6.45) is 2.07. The molecular weight excluding hydrogens is 270 g/mol. The first kappa shape index (κ1) is 14.9. The first-order valence-corrected chi connectivity index (χ1v) is 7.16. The minimum absolute atomic E-state index is 0.342. The molecule has 1 N–H and O–H groups in total. The molecule has 0 saturated carbocycles. The predicted octanol–water partition coefficient (Wildman–Crippen LogP) is 4.24. The van der Waals surface area contributed by atoms with Crippen molar-refractivity contribution in [2.75, 3.05) is 14.2 Å². The molecule has 0 spiro atoms. The molecule has 0 fully saturated rings. The Balaban J connectivity index is 1.97. The Morgan fingerprint density at radius 1 is 1.05 bits per heavy atom. The number of benzene rings is 2. The summed E-state index contributed by atoms with van der Waals surface area (Å²) in [7, 11) is 3.68. The van der Waals surface area contributed by atoms with Crippen LogP contribution in [0.15, 0.2) is 48.5 Å². The van der Waals surface area contributed by atoms with Crippen LogP contribution < -0.4 is 10.1 Å². The van der Waals surface area contributed by atoms with Crippen LogP contribution in [0.1, 0.15) is 23.6 Å². The molecule has 3 heteroatoms. The van der Waals surface area contributed by atoms with Crippen molar-refractivity contribution >= 4 is 11.6 Å². The maximum atomic E-state index is 5.93. The highest BCUT2D eigenvalue weighted by Crippen LogP contribution is 2.21. The Bertz CT molecular complexity index is 522. The van der Waals surface area contributed by atoms with Gasteiger partial charge in [0.1, 0.15) is 5.75 Å². The van der Waals surface area contributed by atoms with Crippen LogP contribution in [-0.4, -0.2) is 14.2 Å². The van der Waals surface area contributed by atoms with Gasteiger partial charge < -0.3 is 10.1 Å². The van der Waals surface area contributed by atoms with Gasteiger partial charge >= 0.3 is 0 Å². The summed E-state index contributed by atoms with van der Waals surface area (Å²) in [5.41, 5.74) is 2.59. The minimum atomic E-state index is 0.342. The SMILES string of the molecule is CNC(CCc1ccc(OC)cc1)c1ccc(Cl)cc1. The van der Waals surface area contributed by atoms with Gasteiger partial charge in [0, 0.05) is 11.1 Å². The number of hydrogen-bond acceptors (Lipinski definition) is 2. The van der Waals surface area contributed by atoms with E-state index in [2.05, 4.69) is 29.6 Å². The second-order valence-electron chi connectivity index (χ2n) is 4.78. The normalized spacial score (nSPS) is 12.2. The second-order valence-corrected chi connectivity index (χ2v) is 5.22. The third-order valence-electron chi connectivity index (χ3n) is 3.50. The highest BCUT2D eigenvalue weighted by molar-refractivity contribution is 6.30. The van der Waals surface area contributed by atoms with E-state index < -0.39 is 0 Å². The Morgan fingerprint density at radius 3 is 2.25 bits per heavy atom. The van der Waals surface area contributed by atoms with Gasteiger partial charge in [0.15, 0.2) is 0 Å². The molecule has 2 aromatic carbocycles. The smallest absolute Gasteiger partial charge is 0.118 e. The highest BCUT2D eigenvalue weighted by Gasteiger charge is 2.09. The molecule has 0 saturated heterocycles. The predicted molar refractivity (Wildman–Crippen MR) is 84.6 cm³/mol. The summed E-state index contributed by atoms with van der Waals surface area (Å²) in [6, 6.07) is 16.6. The van der Waals surface area contributed by atoms with Crippen molar-refractivity contribution in [1.82, 2.24) is 5.32 Å². The van der Waals surface area contributed by atoms with E-state index in [0.717, 1.165) is 23.6 Å². The molecule has 0 heterocycles. The van der Waals surface area contributed by atoms with Gasteiger partial charge in [-0.3, -0.25) is 0 Å². The Kier molecular flexibility index (Phi) is 5.45. The number of ether oxygens (including phenoxy) is 1. The van der Waals surface area contributed by atoms with Gasteiger partial charge in [-0.15, -0.1) is 0 Å². The third-order valence-corrected chi connectivity index (χ3v) is 3.75. The number of rotatable bonds is 6. The molecule has 20 heavy (non-hydrogen) atoms. The van der Waals surface area contributed by atoms with Gasteiger partial charge in [0.25, 0.3) is 0 Å². The number of nitrogens with one attached hydrogen (secondary N) is 1. The van der Waals surface area contributed by atoms with E-state index in [-0.39, 0.29) is 0 Å². The third kappa shape index (κ3) is 3.99. The van der Waals surface area contributed by atoms with Crippen molar-refractivity contribution < 1.29 is 4.74 Å². The van der Waals surface area contributed by atoms with Crippen molar-refractivity contribution in [3.8, 4) is 5.75 Å². The average Bonchev–Trinajstić information content (AvgIpc) is 2.50. The zero-order valence-electron chi connectivity index (χ0n) is 11.9. The van der Waals surface area contributed by atoms with Crippen molar-refractivity contribution in [3.05, 3.63) is 64.7 Å². The average molecular weight is 290 g/mol. The maximum Gasteiger partial charge on any atom is 0.118 e. The van der Waals surface area contributed by atoms with Gasteiger partial charge in [0.05, 0.1) is 7.11 Å². The first-order chi connectivity index (χ1) is 9.72. The molecule has 0 aromatic heterocycles. The fourth-order valence-corrected chi connectivity index (χ4v) is 2.40. The molecule has 0 aliphatic rings. The molecule has 1 atom stereocenters. The molecule has 106 valence electrons. The molecule has 0 amide bonds. The van der Waals surface area contributed by atoms with E-state index in [1.807, 2.05) is 31.3 Å². The molecule has 0 bridgehead atoms. The summed E-state index contributed by atoms with van der Waals surface area (Å²) in [5.74, 6) is 0.900. The van der Waals surface area contributed by atoms with Gasteiger partial charge in [-0.1, -0.05) is 35.9 Å². The lowest BCUT2D eigenvalue weighted by molar-refractivity contribution is 0.414. The monoisotopic (exact) mass is 289 g/mol.